The van der Waals surface area contributed by atoms with Crippen LogP contribution in [0.4, 0.5) is 5.82 Å². The second kappa shape index (κ2) is 7.42. The Morgan fingerprint density at radius 2 is 2.09 bits per heavy atom. The van der Waals surface area contributed by atoms with Gasteiger partial charge in [-0.15, -0.1) is 0 Å². The Morgan fingerprint density at radius 1 is 1.36 bits per heavy atom. The molecule has 0 atom stereocenters. The van der Waals surface area contributed by atoms with E-state index < -0.39 is 18.5 Å². The third-order valence-electron chi connectivity index (χ3n) is 2.52. The molecule has 0 aliphatic carbocycles. The molecule has 0 aliphatic rings. The van der Waals surface area contributed by atoms with E-state index in [0.717, 1.165) is 5.56 Å². The summed E-state index contributed by atoms with van der Waals surface area (Å²) in [6, 6.07) is 8.48. The molecule has 0 aliphatic heterocycles. The van der Waals surface area contributed by atoms with Crippen LogP contribution in [0.3, 0.4) is 0 Å². The summed E-state index contributed by atoms with van der Waals surface area (Å²) >= 11 is 5.75. The summed E-state index contributed by atoms with van der Waals surface area (Å²) in [7, 11) is 0. The Morgan fingerprint density at radius 3 is 2.73 bits per heavy atom. The smallest absolute Gasteiger partial charge is 0.331 e. The van der Waals surface area contributed by atoms with E-state index >= 15 is 0 Å². The van der Waals surface area contributed by atoms with Crippen LogP contribution in [0.15, 0.2) is 40.9 Å². The number of halogens is 1. The lowest BCUT2D eigenvalue weighted by Crippen LogP contribution is -2.20. The number of anilines is 1. The van der Waals surface area contributed by atoms with Crippen LogP contribution in [0.1, 0.15) is 11.3 Å². The van der Waals surface area contributed by atoms with Gasteiger partial charge in [-0.3, -0.25) is 4.79 Å². The number of ether oxygens (including phenoxy) is 1. The minimum atomic E-state index is -0.624. The lowest BCUT2D eigenvalue weighted by Gasteiger charge is -2.01. The summed E-state index contributed by atoms with van der Waals surface area (Å²) in [5, 5.41) is 6.64. The number of hydrogen-bond acceptors (Lipinski definition) is 5. The average Bonchev–Trinajstić information content (AvgIpc) is 2.89. The zero-order valence-corrected chi connectivity index (χ0v) is 12.5. The second-order valence-corrected chi connectivity index (χ2v) is 4.80. The number of nitrogens with zero attached hydrogens (tertiary/aromatic N) is 1. The predicted molar refractivity (Wildman–Crippen MR) is 81.3 cm³/mol. The first-order chi connectivity index (χ1) is 10.5. The Balaban J connectivity index is 1.77. The van der Waals surface area contributed by atoms with Crippen molar-refractivity contribution in [3.05, 3.63) is 52.8 Å². The van der Waals surface area contributed by atoms with Crippen LogP contribution >= 0.6 is 11.6 Å². The molecule has 1 amide bonds. The number of carbonyl (C=O) groups is 2. The van der Waals surface area contributed by atoms with Gasteiger partial charge in [-0.05, 0) is 30.7 Å². The molecule has 0 spiro atoms. The van der Waals surface area contributed by atoms with Crippen molar-refractivity contribution in [1.29, 1.82) is 0 Å². The zero-order chi connectivity index (χ0) is 15.9. The van der Waals surface area contributed by atoms with E-state index in [1.165, 1.54) is 6.08 Å². The number of amides is 1. The molecule has 0 fully saturated rings. The van der Waals surface area contributed by atoms with Crippen molar-refractivity contribution in [1.82, 2.24) is 5.16 Å². The van der Waals surface area contributed by atoms with Gasteiger partial charge < -0.3 is 14.6 Å². The van der Waals surface area contributed by atoms with Gasteiger partial charge in [0.05, 0.1) is 0 Å². The number of benzene rings is 1. The van der Waals surface area contributed by atoms with Gasteiger partial charge in [0, 0.05) is 17.2 Å². The summed E-state index contributed by atoms with van der Waals surface area (Å²) in [4.78, 5) is 23.0. The molecule has 1 aromatic carbocycles. The van der Waals surface area contributed by atoms with Crippen molar-refractivity contribution < 1.29 is 18.8 Å². The molecule has 7 heteroatoms. The third-order valence-corrected chi connectivity index (χ3v) is 2.77. The summed E-state index contributed by atoms with van der Waals surface area (Å²) in [5.41, 5.74) is 0.795. The van der Waals surface area contributed by atoms with Crippen LogP contribution in [0.25, 0.3) is 6.08 Å². The first-order valence-corrected chi connectivity index (χ1v) is 6.74. The number of carbonyl (C=O) groups excluding carboxylic acids is 2. The molecule has 2 rings (SSSR count). The summed E-state index contributed by atoms with van der Waals surface area (Å²) in [6.45, 7) is 1.29. The van der Waals surface area contributed by atoms with Gasteiger partial charge in [0.2, 0.25) is 0 Å². The Labute approximate surface area is 131 Å². The monoisotopic (exact) mass is 320 g/mol. The molecule has 114 valence electrons. The van der Waals surface area contributed by atoms with Crippen molar-refractivity contribution in [2.75, 3.05) is 11.9 Å². The van der Waals surface area contributed by atoms with Crippen molar-refractivity contribution in [3.63, 3.8) is 0 Å². The van der Waals surface area contributed by atoms with Gasteiger partial charge in [0.15, 0.2) is 12.4 Å². The maximum Gasteiger partial charge on any atom is 0.331 e. The van der Waals surface area contributed by atoms with Crippen molar-refractivity contribution >= 4 is 35.4 Å². The average molecular weight is 321 g/mol. The molecular weight excluding hydrogens is 308 g/mol. The SMILES string of the molecule is Cc1cc(NC(=O)COC(=O)/C=C/c2ccc(Cl)cc2)no1. The number of aryl methyl sites for hydroxylation is 1. The van der Waals surface area contributed by atoms with Gasteiger partial charge in [-0.25, -0.2) is 4.79 Å². The summed E-state index contributed by atoms with van der Waals surface area (Å²) in [5.74, 6) is -0.281. The number of aromatic nitrogens is 1. The second-order valence-electron chi connectivity index (χ2n) is 4.36. The number of nitrogens with one attached hydrogen (secondary N) is 1. The van der Waals surface area contributed by atoms with E-state index in [-0.39, 0.29) is 5.82 Å². The van der Waals surface area contributed by atoms with E-state index in [1.807, 2.05) is 0 Å². The zero-order valence-electron chi connectivity index (χ0n) is 11.7. The molecule has 22 heavy (non-hydrogen) atoms. The van der Waals surface area contributed by atoms with Crippen LogP contribution in [-0.4, -0.2) is 23.6 Å². The fraction of sp³-hybridized carbons (Fsp3) is 0.133. The molecule has 0 radical (unpaired) electrons. The molecule has 1 N–H and O–H groups in total. The standard InChI is InChI=1S/C15H13ClN2O4/c1-10-8-13(18-22-10)17-14(19)9-21-15(20)7-4-11-2-5-12(16)6-3-11/h2-8H,9H2,1H3,(H,17,18,19)/b7-4+. The first-order valence-electron chi connectivity index (χ1n) is 6.36. The quantitative estimate of drug-likeness (QED) is 0.676. The van der Waals surface area contributed by atoms with Gasteiger partial charge >= 0.3 is 5.97 Å². The number of esters is 1. The van der Waals surface area contributed by atoms with E-state index in [2.05, 4.69) is 10.5 Å². The highest BCUT2D eigenvalue weighted by Crippen LogP contribution is 2.10. The third kappa shape index (κ3) is 5.06. The van der Waals surface area contributed by atoms with Crippen LogP contribution < -0.4 is 5.32 Å². The largest absolute Gasteiger partial charge is 0.452 e. The Hall–Kier alpha value is -2.60. The maximum absolute atomic E-state index is 11.5. The molecule has 1 heterocycles. The van der Waals surface area contributed by atoms with Crippen LogP contribution in [0, 0.1) is 6.92 Å². The lowest BCUT2D eigenvalue weighted by molar-refractivity contribution is -0.142. The fourth-order valence-electron chi connectivity index (χ4n) is 1.53. The highest BCUT2D eigenvalue weighted by molar-refractivity contribution is 6.30. The van der Waals surface area contributed by atoms with E-state index in [4.69, 9.17) is 20.9 Å². The Bertz CT molecular complexity index is 692. The first kappa shape index (κ1) is 15.8. The van der Waals surface area contributed by atoms with Crippen LogP contribution in [-0.2, 0) is 14.3 Å². The highest BCUT2D eigenvalue weighted by Gasteiger charge is 2.08. The molecule has 0 saturated heterocycles. The van der Waals surface area contributed by atoms with Gasteiger partial charge in [0.1, 0.15) is 5.76 Å². The van der Waals surface area contributed by atoms with Gasteiger partial charge in [-0.1, -0.05) is 28.9 Å². The topological polar surface area (TPSA) is 81.4 Å². The highest BCUT2D eigenvalue weighted by atomic mass is 35.5. The molecule has 0 unspecified atom stereocenters. The van der Waals surface area contributed by atoms with E-state index in [1.54, 1.807) is 43.3 Å². The van der Waals surface area contributed by atoms with Crippen molar-refractivity contribution in [2.45, 2.75) is 6.92 Å². The lowest BCUT2D eigenvalue weighted by atomic mass is 10.2. The summed E-state index contributed by atoms with van der Waals surface area (Å²) in [6.07, 6.45) is 2.80. The molecule has 1 aromatic heterocycles. The van der Waals surface area contributed by atoms with Crippen LogP contribution in [0.2, 0.25) is 5.02 Å². The van der Waals surface area contributed by atoms with E-state index in [0.29, 0.717) is 10.8 Å². The van der Waals surface area contributed by atoms with E-state index in [9.17, 15) is 9.59 Å². The minimum absolute atomic E-state index is 0.273. The number of rotatable bonds is 5. The minimum Gasteiger partial charge on any atom is -0.452 e. The fourth-order valence-corrected chi connectivity index (χ4v) is 1.65. The molecule has 2 aromatic rings. The summed E-state index contributed by atoms with van der Waals surface area (Å²) < 4.78 is 9.60. The van der Waals surface area contributed by atoms with Gasteiger partial charge in [0.25, 0.3) is 5.91 Å². The molecule has 0 bridgehead atoms. The van der Waals surface area contributed by atoms with Crippen LogP contribution in [0.5, 0.6) is 0 Å². The molecule has 6 nitrogen and oxygen atoms in total. The molecule has 0 saturated carbocycles. The number of hydrogen-bond donors (Lipinski definition) is 1. The predicted octanol–water partition coefficient (Wildman–Crippen LogP) is 2.83. The van der Waals surface area contributed by atoms with Crippen molar-refractivity contribution in [3.8, 4) is 0 Å². The maximum atomic E-state index is 11.5. The van der Waals surface area contributed by atoms with Crippen molar-refractivity contribution in [2.24, 2.45) is 0 Å². The Kier molecular flexibility index (Phi) is 5.32. The molecular formula is C15H13ClN2O4. The van der Waals surface area contributed by atoms with Gasteiger partial charge in [-0.2, -0.15) is 0 Å². The normalized spacial score (nSPS) is 10.6.